The van der Waals surface area contributed by atoms with Crippen LogP contribution in [0.3, 0.4) is 0 Å². The molecule has 0 saturated heterocycles. The molecule has 10 rings (SSSR count). The highest BCUT2D eigenvalue weighted by Gasteiger charge is 2.48. The first kappa shape index (κ1) is 28.4. The summed E-state index contributed by atoms with van der Waals surface area (Å²) < 4.78 is 6.89. The van der Waals surface area contributed by atoms with Gasteiger partial charge in [-0.2, -0.15) is 0 Å². The first-order valence-corrected chi connectivity index (χ1v) is 17.0. The standard InChI is InChI=1S/C47H30N2O/c1-3-15-34(16-4-1)42-30-43(49-46(48-42)35-17-5-2-6-18-35)36-26-25-33-24-23-32-14-8-10-20-38(32)47(41(33)29-36)39-21-11-12-22-44(39)50-45-37-19-9-7-13-31(37)27-28-40(45)47/h1-30H. The van der Waals surface area contributed by atoms with E-state index in [-0.39, 0.29) is 0 Å². The van der Waals surface area contributed by atoms with E-state index >= 15 is 0 Å². The number of rotatable bonds is 3. The van der Waals surface area contributed by atoms with Gasteiger partial charge in [0.1, 0.15) is 11.5 Å². The Hall–Kier alpha value is -6.58. The van der Waals surface area contributed by atoms with Crippen LogP contribution >= 0.6 is 0 Å². The molecule has 3 nitrogen and oxygen atoms in total. The molecule has 1 aliphatic carbocycles. The molecule has 0 N–H and O–H groups in total. The summed E-state index contributed by atoms with van der Waals surface area (Å²) in [6, 6.07) is 59.9. The molecule has 7 aromatic carbocycles. The van der Waals surface area contributed by atoms with E-state index < -0.39 is 5.41 Å². The van der Waals surface area contributed by atoms with Crippen LogP contribution in [0.15, 0.2) is 170 Å². The third-order valence-corrected chi connectivity index (χ3v) is 10.2. The Kier molecular flexibility index (Phi) is 6.40. The van der Waals surface area contributed by atoms with Gasteiger partial charge < -0.3 is 4.74 Å². The summed E-state index contributed by atoms with van der Waals surface area (Å²) in [4.78, 5) is 10.3. The lowest BCUT2D eigenvalue weighted by Crippen LogP contribution is -2.35. The second kappa shape index (κ2) is 11.3. The smallest absolute Gasteiger partial charge is 0.160 e. The maximum atomic E-state index is 6.89. The molecule has 0 saturated carbocycles. The SMILES string of the molecule is C1=Cc2ccc(-c3cc(-c4ccccc4)nc(-c4ccccc4)n3)cc2C2(c3ccccc31)c1ccccc1Oc1c2ccc2ccccc12. The molecule has 0 radical (unpaired) electrons. The van der Waals surface area contributed by atoms with Crippen LogP contribution in [-0.4, -0.2) is 9.97 Å². The second-order valence-electron chi connectivity index (χ2n) is 12.9. The summed E-state index contributed by atoms with van der Waals surface area (Å²) in [5.74, 6) is 2.46. The highest BCUT2D eigenvalue weighted by molar-refractivity contribution is 5.94. The van der Waals surface area contributed by atoms with Gasteiger partial charge in [0.2, 0.25) is 0 Å². The van der Waals surface area contributed by atoms with Gasteiger partial charge in [-0.05, 0) is 45.8 Å². The topological polar surface area (TPSA) is 35.0 Å². The first-order valence-electron chi connectivity index (χ1n) is 17.0. The highest BCUT2D eigenvalue weighted by atomic mass is 16.5. The van der Waals surface area contributed by atoms with E-state index in [1.807, 2.05) is 24.3 Å². The average Bonchev–Trinajstić information content (AvgIpc) is 3.33. The summed E-state index contributed by atoms with van der Waals surface area (Å²) in [7, 11) is 0. The zero-order valence-electron chi connectivity index (χ0n) is 27.1. The summed E-state index contributed by atoms with van der Waals surface area (Å²) in [6.07, 6.45) is 4.52. The summed E-state index contributed by atoms with van der Waals surface area (Å²) in [5.41, 5.74) is 11.1. The molecule has 1 unspecified atom stereocenters. The molecule has 0 amide bonds. The number of fused-ring (bicyclic) bond motifs is 10. The third-order valence-electron chi connectivity index (χ3n) is 10.2. The van der Waals surface area contributed by atoms with Crippen LogP contribution in [-0.2, 0) is 5.41 Å². The van der Waals surface area contributed by atoms with E-state index in [0.717, 1.165) is 67.0 Å². The number of para-hydroxylation sites is 1. The Morgan fingerprint density at radius 1 is 0.420 bits per heavy atom. The largest absolute Gasteiger partial charge is 0.456 e. The van der Waals surface area contributed by atoms with Crippen molar-refractivity contribution >= 4 is 22.9 Å². The second-order valence-corrected chi connectivity index (χ2v) is 12.9. The molecule has 2 aliphatic rings. The van der Waals surface area contributed by atoms with Gasteiger partial charge in [0.05, 0.1) is 16.8 Å². The number of aromatic nitrogens is 2. The number of hydrogen-bond acceptors (Lipinski definition) is 3. The van der Waals surface area contributed by atoms with Crippen molar-refractivity contribution < 1.29 is 4.74 Å². The quantitative estimate of drug-likeness (QED) is 0.193. The van der Waals surface area contributed by atoms with Gasteiger partial charge >= 0.3 is 0 Å². The lowest BCUT2D eigenvalue weighted by molar-refractivity contribution is 0.439. The van der Waals surface area contributed by atoms with Crippen molar-refractivity contribution in [1.29, 1.82) is 0 Å². The van der Waals surface area contributed by atoms with Gasteiger partial charge in [-0.1, -0.05) is 164 Å². The minimum absolute atomic E-state index is 0.669. The summed E-state index contributed by atoms with van der Waals surface area (Å²) in [6.45, 7) is 0. The summed E-state index contributed by atoms with van der Waals surface area (Å²) in [5, 5.41) is 2.25. The van der Waals surface area contributed by atoms with E-state index in [2.05, 4.69) is 158 Å². The van der Waals surface area contributed by atoms with Gasteiger partial charge in [-0.15, -0.1) is 0 Å². The lowest BCUT2D eigenvalue weighted by Gasteiger charge is -2.42. The molecule has 3 heteroatoms. The van der Waals surface area contributed by atoms with Gasteiger partial charge in [0.25, 0.3) is 0 Å². The fraction of sp³-hybridized carbons (Fsp3) is 0.0213. The minimum atomic E-state index is -0.669. The lowest BCUT2D eigenvalue weighted by atomic mass is 9.62. The Balaban J connectivity index is 1.30. The Labute approximate surface area is 290 Å². The molecular weight excluding hydrogens is 609 g/mol. The predicted octanol–water partition coefficient (Wildman–Crippen LogP) is 11.6. The normalized spacial score (nSPS) is 15.4. The van der Waals surface area contributed by atoms with Crippen molar-refractivity contribution in [2.75, 3.05) is 0 Å². The maximum Gasteiger partial charge on any atom is 0.160 e. The van der Waals surface area contributed by atoms with Crippen LogP contribution in [0, 0.1) is 0 Å². The van der Waals surface area contributed by atoms with Crippen molar-refractivity contribution in [2.45, 2.75) is 5.41 Å². The number of nitrogens with zero attached hydrogens (tertiary/aromatic N) is 2. The minimum Gasteiger partial charge on any atom is -0.456 e. The third kappa shape index (κ3) is 4.30. The number of ether oxygens (including phenoxy) is 1. The molecule has 1 aliphatic heterocycles. The van der Waals surface area contributed by atoms with Crippen molar-refractivity contribution in [2.24, 2.45) is 0 Å². The molecule has 1 spiro atoms. The summed E-state index contributed by atoms with van der Waals surface area (Å²) >= 11 is 0. The van der Waals surface area contributed by atoms with E-state index in [9.17, 15) is 0 Å². The Morgan fingerprint density at radius 2 is 1.06 bits per heavy atom. The van der Waals surface area contributed by atoms with Crippen LogP contribution in [0.4, 0.5) is 0 Å². The van der Waals surface area contributed by atoms with E-state index in [1.165, 1.54) is 16.7 Å². The molecule has 8 aromatic rings. The fourth-order valence-electron chi connectivity index (χ4n) is 7.91. The molecule has 2 heterocycles. The molecule has 1 aromatic heterocycles. The predicted molar refractivity (Wildman–Crippen MR) is 203 cm³/mol. The highest BCUT2D eigenvalue weighted by Crippen LogP contribution is 2.59. The van der Waals surface area contributed by atoms with E-state index in [0.29, 0.717) is 5.82 Å². The Bertz CT molecular complexity index is 2570. The zero-order chi connectivity index (χ0) is 33.1. The molecule has 1 atom stereocenters. The van der Waals surface area contributed by atoms with Crippen LogP contribution in [0.2, 0.25) is 0 Å². The van der Waals surface area contributed by atoms with Gasteiger partial charge in [-0.3, -0.25) is 0 Å². The van der Waals surface area contributed by atoms with Gasteiger partial charge in [0, 0.05) is 33.2 Å². The van der Waals surface area contributed by atoms with E-state index in [4.69, 9.17) is 14.7 Å². The fourth-order valence-corrected chi connectivity index (χ4v) is 7.91. The first-order chi connectivity index (χ1) is 24.8. The van der Waals surface area contributed by atoms with E-state index in [1.54, 1.807) is 0 Å². The maximum absolute atomic E-state index is 6.89. The zero-order valence-corrected chi connectivity index (χ0v) is 27.1. The monoisotopic (exact) mass is 638 g/mol. The van der Waals surface area contributed by atoms with Gasteiger partial charge in [-0.25, -0.2) is 9.97 Å². The molecular formula is C47H30N2O. The van der Waals surface area contributed by atoms with Crippen LogP contribution < -0.4 is 4.74 Å². The number of hydrogen-bond donors (Lipinski definition) is 0. The molecule has 50 heavy (non-hydrogen) atoms. The van der Waals surface area contributed by atoms with Crippen LogP contribution in [0.5, 0.6) is 11.5 Å². The Morgan fingerprint density at radius 3 is 1.88 bits per heavy atom. The molecule has 234 valence electrons. The van der Waals surface area contributed by atoms with Crippen LogP contribution in [0.1, 0.15) is 33.4 Å². The molecule has 0 fully saturated rings. The molecule has 0 bridgehead atoms. The van der Waals surface area contributed by atoms with Crippen molar-refractivity contribution in [3.8, 4) is 45.4 Å². The average molecular weight is 639 g/mol. The van der Waals surface area contributed by atoms with Crippen molar-refractivity contribution in [1.82, 2.24) is 9.97 Å². The van der Waals surface area contributed by atoms with Crippen molar-refractivity contribution in [3.05, 3.63) is 203 Å². The van der Waals surface area contributed by atoms with Crippen LogP contribution in [0.25, 0.3) is 56.8 Å². The van der Waals surface area contributed by atoms with Gasteiger partial charge in [0.15, 0.2) is 5.82 Å². The van der Waals surface area contributed by atoms with Crippen molar-refractivity contribution in [3.63, 3.8) is 0 Å². The number of benzene rings is 7.